The van der Waals surface area contributed by atoms with E-state index in [1.165, 1.54) is 5.69 Å². The van der Waals surface area contributed by atoms with E-state index in [1.54, 1.807) is 0 Å². The molecule has 1 atom stereocenters. The molecule has 0 saturated heterocycles. The average Bonchev–Trinajstić information content (AvgIpc) is 2.98. The van der Waals surface area contributed by atoms with E-state index < -0.39 is 0 Å². The SMILES string of the molecule is Cc1cc(NC(=O)N2CCn3cccc3[C@H]2C(C)C)ccc1Br. The van der Waals surface area contributed by atoms with Crippen molar-refractivity contribution in [2.75, 3.05) is 11.9 Å². The van der Waals surface area contributed by atoms with Crippen LogP contribution in [0, 0.1) is 12.8 Å². The number of rotatable bonds is 2. The molecule has 1 aliphatic rings. The lowest BCUT2D eigenvalue weighted by molar-refractivity contribution is 0.144. The minimum Gasteiger partial charge on any atom is -0.348 e. The molecule has 1 aromatic heterocycles. The number of aryl methyl sites for hydroxylation is 1. The van der Waals surface area contributed by atoms with Gasteiger partial charge in [-0.15, -0.1) is 0 Å². The van der Waals surface area contributed by atoms with Crippen LogP contribution in [0.1, 0.15) is 31.1 Å². The van der Waals surface area contributed by atoms with Crippen LogP contribution in [0.2, 0.25) is 0 Å². The monoisotopic (exact) mass is 375 g/mol. The van der Waals surface area contributed by atoms with E-state index >= 15 is 0 Å². The zero-order valence-corrected chi connectivity index (χ0v) is 15.3. The summed E-state index contributed by atoms with van der Waals surface area (Å²) in [6.45, 7) is 7.92. The Morgan fingerprint density at radius 1 is 1.30 bits per heavy atom. The van der Waals surface area contributed by atoms with Crippen molar-refractivity contribution in [1.29, 1.82) is 0 Å². The normalized spacial score (nSPS) is 17.3. The van der Waals surface area contributed by atoms with Gasteiger partial charge in [0.25, 0.3) is 0 Å². The maximum Gasteiger partial charge on any atom is 0.322 e. The van der Waals surface area contributed by atoms with Gasteiger partial charge >= 0.3 is 6.03 Å². The maximum atomic E-state index is 12.8. The first-order valence-electron chi connectivity index (χ1n) is 7.96. The van der Waals surface area contributed by atoms with E-state index in [0.717, 1.165) is 28.8 Å². The molecule has 0 fully saturated rings. The first-order chi connectivity index (χ1) is 11.0. The lowest BCUT2D eigenvalue weighted by atomic mass is 9.97. The lowest BCUT2D eigenvalue weighted by Gasteiger charge is -2.39. The minimum atomic E-state index is -0.0297. The van der Waals surface area contributed by atoms with Gasteiger partial charge in [-0.3, -0.25) is 0 Å². The van der Waals surface area contributed by atoms with Crippen molar-refractivity contribution in [1.82, 2.24) is 9.47 Å². The van der Waals surface area contributed by atoms with Crippen LogP contribution in [0.4, 0.5) is 10.5 Å². The Labute approximate surface area is 145 Å². The van der Waals surface area contributed by atoms with E-state index in [0.29, 0.717) is 5.92 Å². The Balaban J connectivity index is 1.82. The van der Waals surface area contributed by atoms with Crippen LogP contribution in [0.3, 0.4) is 0 Å². The standard InChI is InChI=1S/C18H22BrN3O/c1-12(2)17-16-5-4-8-21(16)9-10-22(17)18(23)20-14-6-7-15(19)13(3)11-14/h4-8,11-12,17H,9-10H2,1-3H3,(H,20,23)/t17-/m1/s1. The minimum absolute atomic E-state index is 0.0297. The number of hydrogen-bond acceptors (Lipinski definition) is 1. The molecular weight excluding hydrogens is 354 g/mol. The van der Waals surface area contributed by atoms with Crippen LogP contribution >= 0.6 is 15.9 Å². The average molecular weight is 376 g/mol. The molecule has 4 nitrogen and oxygen atoms in total. The Hall–Kier alpha value is -1.75. The van der Waals surface area contributed by atoms with Crippen molar-refractivity contribution >= 4 is 27.6 Å². The van der Waals surface area contributed by atoms with E-state index in [4.69, 9.17) is 0 Å². The quantitative estimate of drug-likeness (QED) is 0.803. The molecule has 1 aliphatic heterocycles. The van der Waals surface area contributed by atoms with Gasteiger partial charge in [-0.05, 0) is 48.7 Å². The van der Waals surface area contributed by atoms with Crippen LogP contribution in [-0.4, -0.2) is 22.0 Å². The van der Waals surface area contributed by atoms with Gasteiger partial charge in [0, 0.05) is 35.1 Å². The van der Waals surface area contributed by atoms with Crippen molar-refractivity contribution in [2.24, 2.45) is 5.92 Å². The molecule has 0 unspecified atom stereocenters. The second-order valence-corrected chi connectivity index (χ2v) is 7.26. The van der Waals surface area contributed by atoms with Gasteiger partial charge in [0.1, 0.15) is 0 Å². The molecule has 0 spiro atoms. The third-order valence-electron chi connectivity index (χ3n) is 4.39. The van der Waals surface area contributed by atoms with Crippen LogP contribution in [0.15, 0.2) is 41.0 Å². The largest absolute Gasteiger partial charge is 0.348 e. The molecule has 0 bridgehead atoms. The number of hydrogen-bond donors (Lipinski definition) is 1. The number of urea groups is 1. The zero-order chi connectivity index (χ0) is 16.6. The summed E-state index contributed by atoms with van der Waals surface area (Å²) in [5, 5.41) is 3.04. The second-order valence-electron chi connectivity index (χ2n) is 6.40. The molecule has 2 aromatic rings. The number of carbonyl (C=O) groups excluding carboxylic acids is 1. The third-order valence-corrected chi connectivity index (χ3v) is 5.28. The van der Waals surface area contributed by atoms with Crippen molar-refractivity contribution in [3.63, 3.8) is 0 Å². The highest BCUT2D eigenvalue weighted by Crippen LogP contribution is 2.33. The van der Waals surface area contributed by atoms with E-state index in [9.17, 15) is 4.79 Å². The van der Waals surface area contributed by atoms with E-state index in [1.807, 2.05) is 30.0 Å². The molecule has 0 radical (unpaired) electrons. The summed E-state index contributed by atoms with van der Waals surface area (Å²) in [5.41, 5.74) is 3.16. The fraction of sp³-hybridized carbons (Fsp3) is 0.389. The summed E-state index contributed by atoms with van der Waals surface area (Å²) in [7, 11) is 0. The van der Waals surface area contributed by atoms with Crippen molar-refractivity contribution in [2.45, 2.75) is 33.4 Å². The molecule has 1 aromatic carbocycles. The molecule has 3 rings (SSSR count). The predicted molar refractivity (Wildman–Crippen MR) is 96.6 cm³/mol. The van der Waals surface area contributed by atoms with Crippen LogP contribution in [0.5, 0.6) is 0 Å². The highest BCUT2D eigenvalue weighted by atomic mass is 79.9. The second kappa shape index (κ2) is 6.40. The molecule has 0 saturated carbocycles. The first kappa shape index (κ1) is 16.1. The van der Waals surface area contributed by atoms with Crippen molar-refractivity contribution in [3.8, 4) is 0 Å². The summed E-state index contributed by atoms with van der Waals surface area (Å²) >= 11 is 3.49. The summed E-state index contributed by atoms with van der Waals surface area (Å²) in [6.07, 6.45) is 2.10. The summed E-state index contributed by atoms with van der Waals surface area (Å²) in [4.78, 5) is 14.8. The Morgan fingerprint density at radius 2 is 2.09 bits per heavy atom. The molecule has 2 heterocycles. The van der Waals surface area contributed by atoms with E-state index in [2.05, 4.69) is 58.0 Å². The smallest absolute Gasteiger partial charge is 0.322 e. The van der Waals surface area contributed by atoms with Gasteiger partial charge in [-0.25, -0.2) is 4.79 Å². The van der Waals surface area contributed by atoms with Gasteiger partial charge in [0.2, 0.25) is 0 Å². The number of amides is 2. The number of nitrogens with one attached hydrogen (secondary N) is 1. The molecule has 2 amide bonds. The van der Waals surface area contributed by atoms with Crippen molar-refractivity contribution in [3.05, 3.63) is 52.3 Å². The van der Waals surface area contributed by atoms with Crippen LogP contribution < -0.4 is 5.32 Å². The molecule has 5 heteroatoms. The molecule has 122 valence electrons. The number of fused-ring (bicyclic) bond motifs is 1. The van der Waals surface area contributed by atoms with E-state index in [-0.39, 0.29) is 12.1 Å². The highest BCUT2D eigenvalue weighted by Gasteiger charge is 2.32. The van der Waals surface area contributed by atoms with Gasteiger partial charge in [0.05, 0.1) is 6.04 Å². The van der Waals surface area contributed by atoms with Gasteiger partial charge in [-0.1, -0.05) is 29.8 Å². The molecule has 1 N–H and O–H groups in total. The summed E-state index contributed by atoms with van der Waals surface area (Å²) in [6, 6.07) is 10.1. The Bertz CT molecular complexity index is 723. The molecule has 0 aliphatic carbocycles. The number of benzene rings is 1. The maximum absolute atomic E-state index is 12.8. The molecule has 23 heavy (non-hydrogen) atoms. The number of nitrogens with zero attached hydrogens (tertiary/aromatic N) is 2. The lowest BCUT2D eigenvalue weighted by Crippen LogP contribution is -2.45. The summed E-state index contributed by atoms with van der Waals surface area (Å²) < 4.78 is 3.30. The topological polar surface area (TPSA) is 37.3 Å². The Kier molecular flexibility index (Phi) is 4.48. The highest BCUT2D eigenvalue weighted by molar-refractivity contribution is 9.10. The predicted octanol–water partition coefficient (Wildman–Crippen LogP) is 4.80. The Morgan fingerprint density at radius 3 is 2.78 bits per heavy atom. The van der Waals surface area contributed by atoms with Gasteiger partial charge < -0.3 is 14.8 Å². The van der Waals surface area contributed by atoms with Crippen molar-refractivity contribution < 1.29 is 4.79 Å². The number of carbonyl (C=O) groups is 1. The molecular formula is C18H22BrN3O. The number of halogens is 1. The van der Waals surface area contributed by atoms with Gasteiger partial charge in [0.15, 0.2) is 0 Å². The fourth-order valence-corrected chi connectivity index (χ4v) is 3.51. The summed E-state index contributed by atoms with van der Waals surface area (Å²) in [5.74, 6) is 0.362. The fourth-order valence-electron chi connectivity index (χ4n) is 3.26. The number of anilines is 1. The van der Waals surface area contributed by atoms with Crippen LogP contribution in [0.25, 0.3) is 0 Å². The first-order valence-corrected chi connectivity index (χ1v) is 8.75. The van der Waals surface area contributed by atoms with Crippen LogP contribution in [-0.2, 0) is 6.54 Å². The van der Waals surface area contributed by atoms with Gasteiger partial charge in [-0.2, -0.15) is 0 Å². The third kappa shape index (κ3) is 3.15. The zero-order valence-electron chi connectivity index (χ0n) is 13.7. The number of aromatic nitrogens is 1.